The number of carbonyl (C=O) groups excluding carboxylic acids is 1. The van der Waals surface area contributed by atoms with Crippen LogP contribution in [0.5, 0.6) is 0 Å². The van der Waals surface area contributed by atoms with Gasteiger partial charge in [-0.15, -0.1) is 10.2 Å². The van der Waals surface area contributed by atoms with Gasteiger partial charge in [0.25, 0.3) is 0 Å². The summed E-state index contributed by atoms with van der Waals surface area (Å²) < 4.78 is 2.15. The lowest BCUT2D eigenvalue weighted by molar-refractivity contribution is 0.174. The third kappa shape index (κ3) is 4.22. The van der Waals surface area contributed by atoms with Crippen molar-refractivity contribution in [2.75, 3.05) is 6.61 Å². The van der Waals surface area contributed by atoms with Crippen LogP contribution in [0, 0.1) is 5.92 Å². The lowest BCUT2D eigenvalue weighted by Gasteiger charge is -2.27. The average Bonchev–Trinajstić information content (AvgIpc) is 2.80. The monoisotopic (exact) mass is 321 g/mol. The number of urea groups is 1. The Labute approximate surface area is 136 Å². The molecular weight excluding hydrogens is 294 g/mol. The largest absolute Gasteiger partial charge is 0.396 e. The summed E-state index contributed by atoms with van der Waals surface area (Å²) in [5, 5.41) is 23.6. The van der Waals surface area contributed by atoms with E-state index in [0.717, 1.165) is 56.7 Å². The Morgan fingerprint density at radius 3 is 2.78 bits per heavy atom. The molecule has 0 spiro atoms. The van der Waals surface area contributed by atoms with Crippen molar-refractivity contribution in [1.82, 2.24) is 25.4 Å². The molecule has 0 unspecified atom stereocenters. The van der Waals surface area contributed by atoms with E-state index in [-0.39, 0.29) is 18.7 Å². The average molecular weight is 321 g/mol. The molecule has 0 saturated heterocycles. The first-order valence-corrected chi connectivity index (χ1v) is 8.82. The molecule has 1 aromatic rings. The summed E-state index contributed by atoms with van der Waals surface area (Å²) in [6.45, 7) is 1.63. The summed E-state index contributed by atoms with van der Waals surface area (Å²) in [4.78, 5) is 12.1. The number of hydrogen-bond donors (Lipinski definition) is 3. The summed E-state index contributed by atoms with van der Waals surface area (Å²) in [5.74, 6) is 2.30. The number of rotatable bonds is 4. The van der Waals surface area contributed by atoms with E-state index in [4.69, 9.17) is 5.11 Å². The van der Waals surface area contributed by atoms with Crippen LogP contribution < -0.4 is 10.6 Å². The van der Waals surface area contributed by atoms with Gasteiger partial charge >= 0.3 is 6.03 Å². The summed E-state index contributed by atoms with van der Waals surface area (Å²) in [6, 6.07) is 0.0803. The molecule has 1 saturated carbocycles. The Kier molecular flexibility index (Phi) is 5.48. The first-order valence-electron chi connectivity index (χ1n) is 8.82. The molecule has 1 aliphatic heterocycles. The number of nitrogens with one attached hydrogen (secondary N) is 2. The van der Waals surface area contributed by atoms with Gasteiger partial charge in [-0.1, -0.05) is 6.42 Å². The van der Waals surface area contributed by atoms with Gasteiger partial charge in [0.05, 0.1) is 6.54 Å². The van der Waals surface area contributed by atoms with Gasteiger partial charge in [0.2, 0.25) is 0 Å². The first-order chi connectivity index (χ1) is 11.3. The van der Waals surface area contributed by atoms with Gasteiger partial charge < -0.3 is 20.3 Å². The van der Waals surface area contributed by atoms with E-state index < -0.39 is 0 Å². The van der Waals surface area contributed by atoms with Gasteiger partial charge in [0.15, 0.2) is 5.82 Å². The molecule has 0 radical (unpaired) electrons. The summed E-state index contributed by atoms with van der Waals surface area (Å²) >= 11 is 0. The lowest BCUT2D eigenvalue weighted by atomic mass is 9.87. The number of nitrogens with zero attached hydrogens (tertiary/aromatic N) is 3. The normalized spacial score (nSPS) is 24.6. The fourth-order valence-electron chi connectivity index (χ4n) is 3.56. The number of aryl methyl sites for hydroxylation is 1. The van der Waals surface area contributed by atoms with Crippen LogP contribution in [0.4, 0.5) is 4.79 Å². The molecule has 23 heavy (non-hydrogen) atoms. The van der Waals surface area contributed by atoms with Crippen molar-refractivity contribution in [3.8, 4) is 0 Å². The van der Waals surface area contributed by atoms with Gasteiger partial charge in [-0.2, -0.15) is 0 Å². The minimum atomic E-state index is -0.136. The fourth-order valence-corrected chi connectivity index (χ4v) is 3.56. The van der Waals surface area contributed by atoms with E-state index in [0.29, 0.717) is 12.5 Å². The highest BCUT2D eigenvalue weighted by molar-refractivity contribution is 5.74. The lowest BCUT2D eigenvalue weighted by Crippen LogP contribution is -2.43. The highest BCUT2D eigenvalue weighted by atomic mass is 16.3. The van der Waals surface area contributed by atoms with Crippen molar-refractivity contribution < 1.29 is 9.90 Å². The van der Waals surface area contributed by atoms with Crippen molar-refractivity contribution in [3.05, 3.63) is 11.6 Å². The van der Waals surface area contributed by atoms with Crippen LogP contribution in [-0.2, 0) is 19.5 Å². The smallest absolute Gasteiger partial charge is 0.315 e. The SMILES string of the molecule is O=C(NCc1nnc2n1CCCCC2)NC1CCC(CO)CC1. The van der Waals surface area contributed by atoms with Crippen LogP contribution in [-0.4, -0.2) is 38.6 Å². The Bertz CT molecular complexity index is 523. The number of aliphatic hydroxyl groups is 1. The molecule has 2 aliphatic rings. The van der Waals surface area contributed by atoms with Gasteiger partial charge in [0, 0.05) is 25.6 Å². The Morgan fingerprint density at radius 2 is 2.00 bits per heavy atom. The molecule has 1 aliphatic carbocycles. The fraction of sp³-hybridized carbons (Fsp3) is 0.812. The first kappa shape index (κ1) is 16.2. The predicted octanol–water partition coefficient (Wildman–Crippen LogP) is 1.35. The molecule has 1 fully saturated rings. The molecule has 2 heterocycles. The number of carbonyl (C=O) groups is 1. The van der Waals surface area contributed by atoms with Crippen molar-refractivity contribution in [3.63, 3.8) is 0 Å². The third-order valence-electron chi connectivity index (χ3n) is 5.03. The molecule has 7 nitrogen and oxygen atoms in total. The number of aliphatic hydroxyl groups excluding tert-OH is 1. The van der Waals surface area contributed by atoms with Crippen molar-refractivity contribution in [2.24, 2.45) is 5.92 Å². The summed E-state index contributed by atoms with van der Waals surface area (Å²) in [5.41, 5.74) is 0. The van der Waals surface area contributed by atoms with Crippen LogP contribution in [0.15, 0.2) is 0 Å². The molecule has 0 atom stereocenters. The standard InChI is InChI=1S/C16H27N5O2/c22-11-12-5-7-13(8-6-12)18-16(23)17-10-15-20-19-14-4-2-1-3-9-21(14)15/h12-13,22H,1-11H2,(H2,17,18,23). The van der Waals surface area contributed by atoms with E-state index >= 15 is 0 Å². The van der Waals surface area contributed by atoms with Crippen LogP contribution in [0.25, 0.3) is 0 Å². The zero-order valence-corrected chi connectivity index (χ0v) is 13.6. The molecule has 3 N–H and O–H groups in total. The molecule has 7 heteroatoms. The van der Waals surface area contributed by atoms with Crippen molar-refractivity contribution >= 4 is 6.03 Å². The van der Waals surface area contributed by atoms with Crippen LogP contribution in [0.2, 0.25) is 0 Å². The quantitative estimate of drug-likeness (QED) is 0.780. The van der Waals surface area contributed by atoms with E-state index in [2.05, 4.69) is 25.4 Å². The predicted molar refractivity (Wildman–Crippen MR) is 85.8 cm³/mol. The number of aromatic nitrogens is 3. The molecule has 1 aromatic heterocycles. The minimum Gasteiger partial charge on any atom is -0.396 e. The minimum absolute atomic E-state index is 0.136. The number of hydrogen-bond acceptors (Lipinski definition) is 4. The van der Waals surface area contributed by atoms with Gasteiger partial charge in [-0.05, 0) is 44.4 Å². The second-order valence-corrected chi connectivity index (χ2v) is 6.72. The van der Waals surface area contributed by atoms with Gasteiger partial charge in [-0.25, -0.2) is 4.79 Å². The summed E-state index contributed by atoms with van der Waals surface area (Å²) in [7, 11) is 0. The Balaban J connectivity index is 1.45. The zero-order valence-electron chi connectivity index (χ0n) is 13.6. The summed E-state index contributed by atoms with van der Waals surface area (Å²) in [6.07, 6.45) is 8.39. The van der Waals surface area contributed by atoms with E-state index in [1.807, 2.05) is 0 Å². The van der Waals surface area contributed by atoms with Crippen molar-refractivity contribution in [2.45, 2.75) is 70.5 Å². The van der Waals surface area contributed by atoms with Gasteiger partial charge in [0.1, 0.15) is 5.82 Å². The van der Waals surface area contributed by atoms with E-state index in [1.54, 1.807) is 0 Å². The second-order valence-electron chi connectivity index (χ2n) is 6.72. The number of amides is 2. The molecule has 0 bridgehead atoms. The van der Waals surface area contributed by atoms with Crippen LogP contribution in [0.1, 0.15) is 56.6 Å². The van der Waals surface area contributed by atoms with E-state index in [1.165, 1.54) is 12.8 Å². The van der Waals surface area contributed by atoms with Crippen LogP contribution in [0.3, 0.4) is 0 Å². The molecule has 128 valence electrons. The third-order valence-corrected chi connectivity index (χ3v) is 5.03. The topological polar surface area (TPSA) is 92.1 Å². The van der Waals surface area contributed by atoms with Crippen molar-refractivity contribution in [1.29, 1.82) is 0 Å². The van der Waals surface area contributed by atoms with Gasteiger partial charge in [-0.3, -0.25) is 0 Å². The highest BCUT2D eigenvalue weighted by Crippen LogP contribution is 2.23. The maximum absolute atomic E-state index is 12.1. The zero-order chi connectivity index (χ0) is 16.1. The molecular formula is C16H27N5O2. The maximum Gasteiger partial charge on any atom is 0.315 e. The second kappa shape index (κ2) is 7.77. The van der Waals surface area contributed by atoms with Crippen LogP contribution >= 0.6 is 0 Å². The highest BCUT2D eigenvalue weighted by Gasteiger charge is 2.22. The van der Waals surface area contributed by atoms with E-state index in [9.17, 15) is 4.79 Å². The molecule has 2 amide bonds. The Hall–Kier alpha value is -1.63. The Morgan fingerprint density at radius 1 is 1.17 bits per heavy atom. The maximum atomic E-state index is 12.1. The molecule has 0 aromatic carbocycles. The molecule has 3 rings (SSSR count). The number of fused-ring (bicyclic) bond motifs is 1.